The summed E-state index contributed by atoms with van der Waals surface area (Å²) in [5.74, 6) is 0.909. The van der Waals surface area contributed by atoms with Crippen LogP contribution in [0, 0.1) is 6.92 Å². The number of benzene rings is 2. The van der Waals surface area contributed by atoms with Crippen LogP contribution in [0.5, 0.6) is 5.75 Å². The third kappa shape index (κ3) is 4.17. The number of anilines is 1. The van der Waals surface area contributed by atoms with E-state index in [9.17, 15) is 0 Å². The molecule has 106 valence electrons. The molecule has 2 aromatic carbocycles. The Morgan fingerprint density at radius 3 is 2.65 bits per heavy atom. The van der Waals surface area contributed by atoms with Crippen LogP contribution < -0.4 is 10.1 Å². The predicted octanol–water partition coefficient (Wildman–Crippen LogP) is 5.05. The second kappa shape index (κ2) is 6.67. The Bertz CT molecular complexity index is 581. The lowest BCUT2D eigenvalue weighted by Gasteiger charge is -2.13. The quantitative estimate of drug-likeness (QED) is 0.832. The van der Waals surface area contributed by atoms with Gasteiger partial charge in [-0.05, 0) is 62.2 Å². The third-order valence-electron chi connectivity index (χ3n) is 2.94. The van der Waals surface area contributed by atoms with Crippen LogP contribution in [0.4, 0.5) is 5.69 Å². The second-order valence-electron chi connectivity index (χ2n) is 5.13. The van der Waals surface area contributed by atoms with Gasteiger partial charge in [-0.1, -0.05) is 23.7 Å². The van der Waals surface area contributed by atoms with Crippen LogP contribution in [0.2, 0.25) is 5.02 Å². The lowest BCUT2D eigenvalue weighted by molar-refractivity contribution is 0.242. The van der Waals surface area contributed by atoms with E-state index in [2.05, 4.69) is 17.4 Å². The molecule has 0 fully saturated rings. The number of aryl methyl sites for hydroxylation is 1. The molecule has 0 spiro atoms. The van der Waals surface area contributed by atoms with Crippen LogP contribution >= 0.6 is 11.6 Å². The van der Waals surface area contributed by atoms with Crippen molar-refractivity contribution in [2.75, 3.05) is 5.32 Å². The van der Waals surface area contributed by atoms with Crippen LogP contribution in [-0.2, 0) is 6.54 Å². The van der Waals surface area contributed by atoms with Crippen molar-refractivity contribution in [2.45, 2.75) is 33.4 Å². The Balaban J connectivity index is 2.03. The molecule has 2 rings (SSSR count). The summed E-state index contributed by atoms with van der Waals surface area (Å²) in [4.78, 5) is 0. The molecule has 3 heteroatoms. The van der Waals surface area contributed by atoms with Gasteiger partial charge in [-0.2, -0.15) is 0 Å². The van der Waals surface area contributed by atoms with Crippen LogP contribution in [0.25, 0.3) is 0 Å². The van der Waals surface area contributed by atoms with Crippen molar-refractivity contribution in [3.8, 4) is 5.75 Å². The molecule has 0 amide bonds. The minimum Gasteiger partial charge on any atom is -0.491 e. The zero-order chi connectivity index (χ0) is 14.5. The summed E-state index contributed by atoms with van der Waals surface area (Å²) in [6.45, 7) is 6.87. The topological polar surface area (TPSA) is 21.3 Å². The first-order valence-electron chi connectivity index (χ1n) is 6.80. The zero-order valence-corrected chi connectivity index (χ0v) is 12.9. The summed E-state index contributed by atoms with van der Waals surface area (Å²) in [6, 6.07) is 14.0. The van der Waals surface area contributed by atoms with Gasteiger partial charge < -0.3 is 10.1 Å². The highest BCUT2D eigenvalue weighted by molar-refractivity contribution is 6.30. The molecule has 0 unspecified atom stereocenters. The van der Waals surface area contributed by atoms with E-state index in [-0.39, 0.29) is 6.10 Å². The fourth-order valence-electron chi connectivity index (χ4n) is 2.02. The molecule has 0 aliphatic rings. The standard InChI is InChI=1S/C17H20ClNO/c1-12(2)20-16-6-4-5-14(10-16)11-19-17-8-7-15(18)9-13(17)3/h4-10,12,19H,11H2,1-3H3. The monoisotopic (exact) mass is 289 g/mol. The number of halogens is 1. The van der Waals surface area contributed by atoms with Crippen molar-refractivity contribution in [2.24, 2.45) is 0 Å². The molecular formula is C17H20ClNO. The molecule has 1 N–H and O–H groups in total. The van der Waals surface area contributed by atoms with Crippen molar-refractivity contribution in [1.29, 1.82) is 0 Å². The number of ether oxygens (including phenoxy) is 1. The van der Waals surface area contributed by atoms with Gasteiger partial charge in [0.2, 0.25) is 0 Å². The minimum absolute atomic E-state index is 0.191. The SMILES string of the molecule is Cc1cc(Cl)ccc1NCc1cccc(OC(C)C)c1. The van der Waals surface area contributed by atoms with Gasteiger partial charge in [0.1, 0.15) is 5.75 Å². The molecule has 2 aromatic rings. The Morgan fingerprint density at radius 1 is 1.15 bits per heavy atom. The molecule has 0 aliphatic heterocycles. The zero-order valence-electron chi connectivity index (χ0n) is 12.1. The van der Waals surface area contributed by atoms with Gasteiger partial charge >= 0.3 is 0 Å². The van der Waals surface area contributed by atoms with Crippen molar-refractivity contribution in [1.82, 2.24) is 0 Å². The number of nitrogens with one attached hydrogen (secondary N) is 1. The molecule has 20 heavy (non-hydrogen) atoms. The van der Waals surface area contributed by atoms with E-state index in [1.54, 1.807) is 0 Å². The van der Waals surface area contributed by atoms with Crippen LogP contribution in [0.3, 0.4) is 0 Å². The van der Waals surface area contributed by atoms with Crippen LogP contribution in [-0.4, -0.2) is 6.10 Å². The molecule has 2 nitrogen and oxygen atoms in total. The lowest BCUT2D eigenvalue weighted by Crippen LogP contribution is -2.06. The first kappa shape index (κ1) is 14.7. The smallest absolute Gasteiger partial charge is 0.120 e. The molecule has 0 radical (unpaired) electrons. The molecule has 0 aromatic heterocycles. The lowest BCUT2D eigenvalue weighted by atomic mass is 10.1. The molecule has 0 heterocycles. The number of rotatable bonds is 5. The highest BCUT2D eigenvalue weighted by atomic mass is 35.5. The molecule has 0 atom stereocenters. The van der Waals surface area contributed by atoms with Gasteiger partial charge in [-0.3, -0.25) is 0 Å². The number of hydrogen-bond donors (Lipinski definition) is 1. The van der Waals surface area contributed by atoms with Gasteiger partial charge in [-0.25, -0.2) is 0 Å². The van der Waals surface area contributed by atoms with E-state index >= 15 is 0 Å². The first-order valence-corrected chi connectivity index (χ1v) is 7.18. The Labute approximate surface area is 125 Å². The molecular weight excluding hydrogens is 270 g/mol. The summed E-state index contributed by atoms with van der Waals surface area (Å²) >= 11 is 5.96. The van der Waals surface area contributed by atoms with Crippen LogP contribution in [0.1, 0.15) is 25.0 Å². The van der Waals surface area contributed by atoms with Crippen molar-refractivity contribution in [3.05, 3.63) is 58.6 Å². The predicted molar refractivity (Wildman–Crippen MR) is 85.7 cm³/mol. The fraction of sp³-hybridized carbons (Fsp3) is 0.294. The summed E-state index contributed by atoms with van der Waals surface area (Å²) in [6.07, 6.45) is 0.191. The van der Waals surface area contributed by atoms with Crippen molar-refractivity contribution >= 4 is 17.3 Å². The fourth-order valence-corrected chi connectivity index (χ4v) is 2.25. The van der Waals surface area contributed by atoms with Crippen molar-refractivity contribution < 1.29 is 4.74 Å². The van der Waals surface area contributed by atoms with E-state index in [1.807, 2.05) is 51.1 Å². The third-order valence-corrected chi connectivity index (χ3v) is 3.18. The molecule has 0 aliphatic carbocycles. The van der Waals surface area contributed by atoms with E-state index in [0.717, 1.165) is 28.6 Å². The van der Waals surface area contributed by atoms with Crippen molar-refractivity contribution in [3.63, 3.8) is 0 Å². The molecule has 0 saturated carbocycles. The summed E-state index contributed by atoms with van der Waals surface area (Å²) in [5.41, 5.74) is 3.44. The Morgan fingerprint density at radius 2 is 1.95 bits per heavy atom. The highest BCUT2D eigenvalue weighted by Crippen LogP contribution is 2.21. The largest absolute Gasteiger partial charge is 0.491 e. The van der Waals surface area contributed by atoms with Gasteiger partial charge in [0.05, 0.1) is 6.10 Å². The van der Waals surface area contributed by atoms with Gasteiger partial charge in [0.25, 0.3) is 0 Å². The van der Waals surface area contributed by atoms with Gasteiger partial charge in [0, 0.05) is 17.3 Å². The average Bonchev–Trinajstić information content (AvgIpc) is 2.37. The van der Waals surface area contributed by atoms with Crippen LogP contribution in [0.15, 0.2) is 42.5 Å². The molecule has 0 bridgehead atoms. The van der Waals surface area contributed by atoms with E-state index in [4.69, 9.17) is 16.3 Å². The van der Waals surface area contributed by atoms with E-state index in [1.165, 1.54) is 5.56 Å². The van der Waals surface area contributed by atoms with Gasteiger partial charge in [0.15, 0.2) is 0 Å². The number of hydrogen-bond acceptors (Lipinski definition) is 2. The molecule has 0 saturated heterocycles. The normalized spacial score (nSPS) is 10.7. The maximum absolute atomic E-state index is 5.96. The highest BCUT2D eigenvalue weighted by Gasteiger charge is 2.02. The second-order valence-corrected chi connectivity index (χ2v) is 5.56. The Hall–Kier alpha value is -1.67. The average molecular weight is 290 g/mol. The maximum atomic E-state index is 5.96. The van der Waals surface area contributed by atoms with E-state index < -0.39 is 0 Å². The maximum Gasteiger partial charge on any atom is 0.120 e. The summed E-state index contributed by atoms with van der Waals surface area (Å²) in [5, 5.41) is 4.19. The minimum atomic E-state index is 0.191. The first-order chi connectivity index (χ1) is 9.54. The Kier molecular flexibility index (Phi) is 4.91. The summed E-state index contributed by atoms with van der Waals surface area (Å²) in [7, 11) is 0. The van der Waals surface area contributed by atoms with E-state index in [0.29, 0.717) is 0 Å². The summed E-state index contributed by atoms with van der Waals surface area (Å²) < 4.78 is 5.70. The van der Waals surface area contributed by atoms with Gasteiger partial charge in [-0.15, -0.1) is 0 Å².